The number of nitrogens with zero attached hydrogens (tertiary/aromatic N) is 1. The molecule has 0 heterocycles. The van der Waals surface area contributed by atoms with Crippen LogP contribution in [0.3, 0.4) is 0 Å². The van der Waals surface area contributed by atoms with Crippen LogP contribution >= 0.6 is 0 Å². The molecule has 0 spiro atoms. The predicted octanol–water partition coefficient (Wildman–Crippen LogP) is 4.07. The van der Waals surface area contributed by atoms with Crippen molar-refractivity contribution >= 4 is 18.0 Å². The molecule has 0 atom stereocenters. The highest BCUT2D eigenvalue weighted by molar-refractivity contribution is 6.01. The first-order chi connectivity index (χ1) is 15.5. The van der Waals surface area contributed by atoms with Crippen molar-refractivity contribution in [3.63, 3.8) is 0 Å². The normalized spacial score (nSPS) is 10.8. The fraction of sp³-hybridized carbons (Fsp3) is 0.320. The van der Waals surface area contributed by atoms with E-state index in [1.54, 1.807) is 24.3 Å². The van der Waals surface area contributed by atoms with E-state index in [1.165, 1.54) is 13.2 Å². The van der Waals surface area contributed by atoms with Gasteiger partial charge in [0.15, 0.2) is 18.1 Å². The number of nitriles is 1. The molecule has 0 bridgehead atoms. The molecule has 0 saturated carbocycles. The average molecular weight is 437 g/mol. The van der Waals surface area contributed by atoms with Crippen LogP contribution in [0.5, 0.6) is 17.2 Å². The molecule has 1 amide bonds. The Bertz CT molecular complexity index is 1010. The molecule has 168 valence electrons. The molecule has 0 fully saturated rings. The number of carbonyl (C=O) groups excluding carboxylic acids is 2. The minimum absolute atomic E-state index is 0.0177. The van der Waals surface area contributed by atoms with Crippen LogP contribution in [-0.2, 0) is 16.0 Å². The van der Waals surface area contributed by atoms with Crippen LogP contribution in [0.4, 0.5) is 0 Å². The minimum Gasteiger partial charge on any atom is -0.493 e. The van der Waals surface area contributed by atoms with E-state index in [0.717, 1.165) is 24.8 Å². The second-order valence-corrected chi connectivity index (χ2v) is 6.91. The quantitative estimate of drug-likeness (QED) is 0.188. The molecule has 0 aromatic heterocycles. The van der Waals surface area contributed by atoms with Gasteiger partial charge in [-0.3, -0.25) is 4.79 Å². The number of esters is 1. The second-order valence-electron chi connectivity index (χ2n) is 6.91. The number of nitrogens with one attached hydrogen (secondary N) is 1. The summed E-state index contributed by atoms with van der Waals surface area (Å²) in [7, 11) is 1.44. The maximum absolute atomic E-state index is 12.3. The fourth-order valence-electron chi connectivity index (χ4n) is 2.87. The lowest BCUT2D eigenvalue weighted by molar-refractivity contribution is -0.136. The number of rotatable bonds is 11. The molecule has 0 aliphatic heterocycles. The third-order valence-corrected chi connectivity index (χ3v) is 4.60. The molecule has 2 rings (SSSR count). The van der Waals surface area contributed by atoms with Crippen molar-refractivity contribution in [2.75, 3.05) is 20.3 Å². The largest absolute Gasteiger partial charge is 0.493 e. The Kier molecular flexibility index (Phi) is 9.79. The first kappa shape index (κ1) is 24.5. The van der Waals surface area contributed by atoms with Gasteiger partial charge in [-0.05, 0) is 48.2 Å². The summed E-state index contributed by atoms with van der Waals surface area (Å²) in [6, 6.07) is 14.2. The standard InChI is InChI=1S/C25H28N2O5/c1-4-6-13-27-25(29)20(16-26)14-18-11-12-22(23(15-18)30-3)32-24(28)17-31-21-10-8-7-9-19(21)5-2/h7-12,14-15H,4-6,13,17H2,1-3H3,(H,27,29)/b20-14+. The summed E-state index contributed by atoms with van der Waals surface area (Å²) in [6.07, 6.45) is 4.03. The lowest BCUT2D eigenvalue weighted by Gasteiger charge is -2.12. The summed E-state index contributed by atoms with van der Waals surface area (Å²) < 4.78 is 16.3. The zero-order valence-electron chi connectivity index (χ0n) is 18.6. The first-order valence-corrected chi connectivity index (χ1v) is 10.5. The van der Waals surface area contributed by atoms with Gasteiger partial charge in [-0.25, -0.2) is 4.79 Å². The van der Waals surface area contributed by atoms with E-state index < -0.39 is 11.9 Å². The van der Waals surface area contributed by atoms with E-state index in [2.05, 4.69) is 5.32 Å². The van der Waals surface area contributed by atoms with Crippen LogP contribution in [0.2, 0.25) is 0 Å². The van der Waals surface area contributed by atoms with Gasteiger partial charge >= 0.3 is 5.97 Å². The number of carbonyl (C=O) groups is 2. The van der Waals surface area contributed by atoms with E-state index in [9.17, 15) is 14.9 Å². The van der Waals surface area contributed by atoms with Crippen molar-refractivity contribution in [2.24, 2.45) is 0 Å². The van der Waals surface area contributed by atoms with E-state index in [-0.39, 0.29) is 17.9 Å². The number of benzene rings is 2. The summed E-state index contributed by atoms with van der Waals surface area (Å²) in [5.74, 6) is 0.142. The summed E-state index contributed by atoms with van der Waals surface area (Å²) in [4.78, 5) is 24.4. The molecule has 0 saturated heterocycles. The van der Waals surface area contributed by atoms with Gasteiger partial charge in [-0.1, -0.05) is 44.5 Å². The van der Waals surface area contributed by atoms with Gasteiger partial charge in [0, 0.05) is 6.54 Å². The van der Waals surface area contributed by atoms with E-state index in [4.69, 9.17) is 14.2 Å². The van der Waals surface area contributed by atoms with Crippen LogP contribution < -0.4 is 19.5 Å². The van der Waals surface area contributed by atoms with E-state index >= 15 is 0 Å². The molecule has 32 heavy (non-hydrogen) atoms. The average Bonchev–Trinajstić information content (AvgIpc) is 2.82. The minimum atomic E-state index is -0.578. The SMILES string of the molecule is CCCCNC(=O)/C(C#N)=C/c1ccc(OC(=O)COc2ccccc2CC)c(OC)c1. The van der Waals surface area contributed by atoms with Gasteiger partial charge in [-0.2, -0.15) is 5.26 Å². The molecule has 0 aliphatic carbocycles. The van der Waals surface area contributed by atoms with E-state index in [0.29, 0.717) is 23.6 Å². The third-order valence-electron chi connectivity index (χ3n) is 4.60. The molecule has 2 aromatic rings. The predicted molar refractivity (Wildman–Crippen MR) is 121 cm³/mol. The zero-order valence-corrected chi connectivity index (χ0v) is 18.6. The molecule has 7 nitrogen and oxygen atoms in total. The van der Waals surface area contributed by atoms with Crippen molar-refractivity contribution in [1.29, 1.82) is 5.26 Å². The van der Waals surface area contributed by atoms with Crippen molar-refractivity contribution in [3.8, 4) is 23.3 Å². The highest BCUT2D eigenvalue weighted by atomic mass is 16.6. The van der Waals surface area contributed by atoms with Gasteiger partial charge < -0.3 is 19.5 Å². The van der Waals surface area contributed by atoms with E-state index in [1.807, 2.05) is 38.1 Å². The van der Waals surface area contributed by atoms with Crippen LogP contribution in [0.25, 0.3) is 6.08 Å². The van der Waals surface area contributed by atoms with Gasteiger partial charge in [0.05, 0.1) is 7.11 Å². The maximum atomic E-state index is 12.3. The van der Waals surface area contributed by atoms with Crippen molar-refractivity contribution in [1.82, 2.24) is 5.32 Å². The Morgan fingerprint density at radius 1 is 1.09 bits per heavy atom. The Labute approximate surface area is 188 Å². The third kappa shape index (κ3) is 7.17. The number of unbranched alkanes of at least 4 members (excludes halogenated alkanes) is 1. The number of hydrogen-bond donors (Lipinski definition) is 1. The second kappa shape index (κ2) is 12.8. The smallest absolute Gasteiger partial charge is 0.349 e. The fourth-order valence-corrected chi connectivity index (χ4v) is 2.87. The van der Waals surface area contributed by atoms with Crippen LogP contribution in [0.1, 0.15) is 37.8 Å². The molecule has 0 aliphatic rings. The Hall–Kier alpha value is -3.79. The molecule has 0 unspecified atom stereocenters. The van der Waals surface area contributed by atoms with Crippen LogP contribution in [0.15, 0.2) is 48.0 Å². The molecular weight excluding hydrogens is 408 g/mol. The van der Waals surface area contributed by atoms with Crippen molar-refractivity contribution < 1.29 is 23.8 Å². The topological polar surface area (TPSA) is 97.7 Å². The molecule has 1 N–H and O–H groups in total. The molecule has 7 heteroatoms. The Morgan fingerprint density at radius 3 is 2.56 bits per heavy atom. The molecule has 0 radical (unpaired) electrons. The van der Waals surface area contributed by atoms with Crippen molar-refractivity contribution in [2.45, 2.75) is 33.1 Å². The summed E-state index contributed by atoms with van der Waals surface area (Å²) in [5.41, 5.74) is 1.55. The lowest BCUT2D eigenvalue weighted by Crippen LogP contribution is -2.25. The van der Waals surface area contributed by atoms with Gasteiger partial charge in [-0.15, -0.1) is 0 Å². The van der Waals surface area contributed by atoms with Crippen molar-refractivity contribution in [3.05, 3.63) is 59.2 Å². The number of hydrogen-bond acceptors (Lipinski definition) is 6. The number of amides is 1. The number of methoxy groups -OCH3 is 1. The number of ether oxygens (including phenoxy) is 3. The number of para-hydroxylation sites is 1. The molecule has 2 aromatic carbocycles. The highest BCUT2D eigenvalue weighted by Crippen LogP contribution is 2.29. The van der Waals surface area contributed by atoms with Crippen LogP contribution in [0, 0.1) is 11.3 Å². The van der Waals surface area contributed by atoms with Crippen LogP contribution in [-0.4, -0.2) is 32.1 Å². The Morgan fingerprint density at radius 2 is 1.88 bits per heavy atom. The zero-order chi connectivity index (χ0) is 23.3. The lowest BCUT2D eigenvalue weighted by atomic mass is 10.1. The summed E-state index contributed by atoms with van der Waals surface area (Å²) in [6.45, 7) is 4.29. The highest BCUT2D eigenvalue weighted by Gasteiger charge is 2.14. The van der Waals surface area contributed by atoms with Gasteiger partial charge in [0.25, 0.3) is 5.91 Å². The van der Waals surface area contributed by atoms with Gasteiger partial charge in [0.2, 0.25) is 0 Å². The first-order valence-electron chi connectivity index (χ1n) is 10.5. The van der Waals surface area contributed by atoms with Gasteiger partial charge in [0.1, 0.15) is 17.4 Å². The Balaban J connectivity index is 2.07. The molecular formula is C25H28N2O5. The number of aryl methyl sites for hydroxylation is 1. The summed E-state index contributed by atoms with van der Waals surface area (Å²) >= 11 is 0. The maximum Gasteiger partial charge on any atom is 0.349 e. The monoisotopic (exact) mass is 436 g/mol. The summed E-state index contributed by atoms with van der Waals surface area (Å²) in [5, 5.41) is 12.0.